The Bertz CT molecular complexity index is 1360. The number of aliphatic hydroxyl groups is 1. The predicted octanol–water partition coefficient (Wildman–Crippen LogP) is 3.18. The number of alkyl halides is 1. The van der Waals surface area contributed by atoms with E-state index < -0.39 is 62.5 Å². The molecule has 1 unspecified atom stereocenters. The Kier molecular flexibility index (Phi) is 8.72. The molecule has 216 valence electrons. The number of aliphatic hydroxyl groups excluding tert-OH is 1. The van der Waals surface area contributed by atoms with Crippen molar-refractivity contribution < 1.29 is 42.2 Å². The van der Waals surface area contributed by atoms with E-state index in [1.165, 1.54) is 31.6 Å². The molecule has 12 nitrogen and oxygen atoms in total. The maximum atomic E-state index is 15.7. The molecule has 1 amide bonds. The highest BCUT2D eigenvalue weighted by Gasteiger charge is 2.57. The smallest absolute Gasteiger partial charge is 0.459 e. The van der Waals surface area contributed by atoms with Crippen molar-refractivity contribution >= 4 is 30.7 Å². The third kappa shape index (κ3) is 6.39. The molecule has 0 bridgehead atoms. The lowest BCUT2D eigenvalue weighted by Gasteiger charge is -2.33. The van der Waals surface area contributed by atoms with Gasteiger partial charge in [0.25, 0.3) is 0 Å². The number of hydrogen-bond donors (Lipinski definition) is 2. The summed E-state index contributed by atoms with van der Waals surface area (Å²) in [6, 6.07) is 3.62. The zero-order chi connectivity index (χ0) is 29.2. The van der Waals surface area contributed by atoms with Crippen LogP contribution in [0.25, 0.3) is 11.0 Å². The third-order valence-corrected chi connectivity index (χ3v) is 7.88. The summed E-state index contributed by atoms with van der Waals surface area (Å²) in [5, 5.41) is 13.3. The van der Waals surface area contributed by atoms with Crippen LogP contribution in [0.5, 0.6) is 5.75 Å². The number of ether oxygens (including phenoxy) is 2. The van der Waals surface area contributed by atoms with E-state index in [1.54, 1.807) is 32.1 Å². The molecule has 0 saturated carbocycles. The number of halogens is 1. The molecule has 4 rings (SSSR count). The molecule has 1 saturated heterocycles. The van der Waals surface area contributed by atoms with E-state index in [9.17, 15) is 19.3 Å². The van der Waals surface area contributed by atoms with Crippen LogP contribution in [0.2, 0.25) is 0 Å². The number of hydrogen-bond acceptors (Lipinski definition) is 10. The van der Waals surface area contributed by atoms with E-state index in [4.69, 9.17) is 18.5 Å². The van der Waals surface area contributed by atoms with Gasteiger partial charge in [0.15, 0.2) is 17.6 Å². The Morgan fingerprint density at radius 2 is 2.08 bits per heavy atom. The van der Waals surface area contributed by atoms with Crippen LogP contribution in [0.4, 0.5) is 4.39 Å². The number of amides is 1. The fourth-order valence-electron chi connectivity index (χ4n) is 4.23. The Labute approximate surface area is 230 Å². The van der Waals surface area contributed by atoms with Crippen molar-refractivity contribution in [3.8, 4) is 5.75 Å². The molecule has 0 aliphatic carbocycles. The van der Waals surface area contributed by atoms with Crippen molar-refractivity contribution in [3.05, 3.63) is 55.0 Å². The van der Waals surface area contributed by atoms with Crippen LogP contribution >= 0.6 is 7.75 Å². The van der Waals surface area contributed by atoms with Crippen molar-refractivity contribution in [2.24, 2.45) is 0 Å². The van der Waals surface area contributed by atoms with Crippen LogP contribution in [-0.2, 0) is 28.2 Å². The molecule has 2 aliphatic rings. The van der Waals surface area contributed by atoms with Gasteiger partial charge in [-0.05, 0) is 51.5 Å². The first kappa shape index (κ1) is 29.8. The number of carbonyl (C=O) groups is 2. The first-order valence-electron chi connectivity index (χ1n) is 12.6. The van der Waals surface area contributed by atoms with Gasteiger partial charge in [-0.3, -0.25) is 24.0 Å². The van der Waals surface area contributed by atoms with Gasteiger partial charge in [0, 0.05) is 18.6 Å². The highest BCUT2D eigenvalue weighted by Crippen LogP contribution is 2.48. The lowest BCUT2D eigenvalue weighted by atomic mass is 9.97. The zero-order valence-corrected chi connectivity index (χ0v) is 23.4. The third-order valence-electron chi connectivity index (χ3n) is 6.25. The summed E-state index contributed by atoms with van der Waals surface area (Å²) in [5.74, 6) is -1.14. The second-order valence-electron chi connectivity index (χ2n) is 9.98. The molecule has 0 radical (unpaired) electrons. The highest BCUT2D eigenvalue weighted by molar-refractivity contribution is 7.52. The minimum atomic E-state index is -4.43. The fraction of sp³-hybridized carbons (Fsp3) is 0.462. The second kappa shape index (κ2) is 11.7. The first-order chi connectivity index (χ1) is 18.8. The Hall–Kier alpha value is -3.22. The molecule has 6 atom stereocenters. The van der Waals surface area contributed by atoms with Crippen LogP contribution in [0.1, 0.15) is 34.1 Å². The van der Waals surface area contributed by atoms with Gasteiger partial charge in [0.05, 0.1) is 24.6 Å². The number of allylic oxidation sites excluding steroid dienone is 1. The van der Waals surface area contributed by atoms with Crippen molar-refractivity contribution in [2.45, 2.75) is 70.4 Å². The zero-order valence-electron chi connectivity index (χ0n) is 22.5. The van der Waals surface area contributed by atoms with Gasteiger partial charge < -0.3 is 19.1 Å². The summed E-state index contributed by atoms with van der Waals surface area (Å²) in [4.78, 5) is 34.4. The fourth-order valence-corrected chi connectivity index (χ4v) is 5.74. The quantitative estimate of drug-likeness (QED) is 0.316. The molecule has 40 heavy (non-hydrogen) atoms. The summed E-state index contributed by atoms with van der Waals surface area (Å²) < 4.78 is 51.9. The van der Waals surface area contributed by atoms with Gasteiger partial charge in [-0.25, -0.2) is 13.9 Å². The van der Waals surface area contributed by atoms with E-state index in [0.717, 1.165) is 11.8 Å². The summed E-state index contributed by atoms with van der Waals surface area (Å²) in [7, 11) is -4.43. The largest absolute Gasteiger partial charge is 0.462 e. The molecule has 0 spiro atoms. The molecule has 1 aromatic heterocycles. The number of nitrogens with one attached hydrogen (secondary N) is 1. The topological polar surface area (TPSA) is 149 Å². The maximum Gasteiger partial charge on any atom is 0.459 e. The van der Waals surface area contributed by atoms with Gasteiger partial charge in [-0.2, -0.15) is 5.09 Å². The van der Waals surface area contributed by atoms with Gasteiger partial charge in [-0.1, -0.05) is 12.6 Å². The number of benzene rings is 1. The van der Waals surface area contributed by atoms with Crippen molar-refractivity contribution in [1.29, 1.82) is 0 Å². The minimum Gasteiger partial charge on any atom is -0.462 e. The lowest BCUT2D eigenvalue weighted by molar-refractivity contribution is -0.149. The standard InChI is InChI=1S/C26H32FN4O8P/c1-15(2)37-24(34)17(4)30-40(35,39-19-8-6-7-18-22(19)29-11-10-28-18)36-14-20-23(33)26(5,27)25(38-20)31-12-9-16(3)13-21(31)32/h6-12,15,17,20,23,25,33H,3,13-14H2,1-2,4-5H3,(H,30,35)/t17-,20+,23+,25+,26+,40?/m0/s1. The summed E-state index contributed by atoms with van der Waals surface area (Å²) >= 11 is 0. The Morgan fingerprint density at radius 1 is 1.35 bits per heavy atom. The van der Waals surface area contributed by atoms with Crippen LogP contribution in [0.3, 0.4) is 0 Å². The van der Waals surface area contributed by atoms with E-state index >= 15 is 4.39 Å². The number of aromatic nitrogens is 2. The summed E-state index contributed by atoms with van der Waals surface area (Å²) in [5.41, 5.74) is -1.12. The number of para-hydroxylation sites is 1. The predicted molar refractivity (Wildman–Crippen MR) is 141 cm³/mol. The summed E-state index contributed by atoms with van der Waals surface area (Å²) in [6.45, 7) is 8.92. The van der Waals surface area contributed by atoms with E-state index in [2.05, 4.69) is 21.6 Å². The molecule has 1 fully saturated rings. The van der Waals surface area contributed by atoms with Gasteiger partial charge in [0.2, 0.25) is 5.91 Å². The maximum absolute atomic E-state index is 15.7. The molecule has 3 heterocycles. The van der Waals surface area contributed by atoms with E-state index in [-0.39, 0.29) is 17.7 Å². The van der Waals surface area contributed by atoms with Crippen molar-refractivity contribution in [3.63, 3.8) is 0 Å². The minimum absolute atomic E-state index is 0.0328. The number of rotatable bonds is 10. The van der Waals surface area contributed by atoms with Crippen molar-refractivity contribution in [2.75, 3.05) is 6.61 Å². The van der Waals surface area contributed by atoms with Crippen LogP contribution in [0.15, 0.2) is 55.0 Å². The normalized spacial score (nSPS) is 27.2. The molecule has 2 N–H and O–H groups in total. The monoisotopic (exact) mass is 578 g/mol. The summed E-state index contributed by atoms with van der Waals surface area (Å²) in [6.07, 6.45) is 0.735. The number of fused-ring (bicyclic) bond motifs is 1. The van der Waals surface area contributed by atoms with Crippen LogP contribution in [-0.4, -0.2) is 74.7 Å². The van der Waals surface area contributed by atoms with E-state index in [0.29, 0.717) is 11.1 Å². The average Bonchev–Trinajstić information content (AvgIpc) is 3.11. The molecule has 1 aromatic carbocycles. The molecular formula is C26H32FN4O8P. The molecule has 14 heteroatoms. The number of nitrogens with zero attached hydrogens (tertiary/aromatic N) is 3. The first-order valence-corrected chi connectivity index (χ1v) is 14.2. The van der Waals surface area contributed by atoms with E-state index in [1.807, 2.05) is 0 Å². The van der Waals surface area contributed by atoms with Gasteiger partial charge in [-0.15, -0.1) is 0 Å². The Morgan fingerprint density at radius 3 is 2.77 bits per heavy atom. The highest BCUT2D eigenvalue weighted by atomic mass is 31.2. The van der Waals surface area contributed by atoms with Gasteiger partial charge >= 0.3 is 13.7 Å². The lowest BCUT2D eigenvalue weighted by Crippen LogP contribution is -2.51. The van der Waals surface area contributed by atoms with Crippen LogP contribution < -0.4 is 9.61 Å². The van der Waals surface area contributed by atoms with Crippen molar-refractivity contribution in [1.82, 2.24) is 20.0 Å². The molecular weight excluding hydrogens is 546 g/mol. The molecule has 2 aromatic rings. The molecule has 2 aliphatic heterocycles. The van der Waals surface area contributed by atoms with Crippen LogP contribution in [0, 0.1) is 0 Å². The SMILES string of the molecule is C=C1C=CN([C@@H]2O[C@H](COP(=O)(N[C@@H](C)C(=O)OC(C)C)Oc3cccc4nccnc34)[C@@H](O)[C@@]2(C)F)C(=O)C1. The number of carbonyl (C=O) groups excluding carboxylic acids is 2. The second-order valence-corrected chi connectivity index (χ2v) is 11.7. The number of esters is 1. The average molecular weight is 579 g/mol. The van der Waals surface area contributed by atoms with Gasteiger partial charge in [0.1, 0.15) is 23.8 Å². The Balaban J connectivity index is 1.57.